The quantitative estimate of drug-likeness (QED) is 0.352. The van der Waals surface area contributed by atoms with Crippen molar-refractivity contribution in [2.24, 2.45) is 0 Å². The summed E-state index contributed by atoms with van der Waals surface area (Å²) in [6, 6.07) is 7.52. The lowest BCUT2D eigenvalue weighted by molar-refractivity contribution is -0.137. The van der Waals surface area contributed by atoms with E-state index in [9.17, 15) is 22.4 Å². The van der Waals surface area contributed by atoms with Crippen molar-refractivity contribution in [2.45, 2.75) is 19.6 Å². The number of nitrogens with zero attached hydrogens (tertiary/aromatic N) is 3. The molecular weight excluding hydrogens is 440 g/mol. The number of carbonyl (C=O) groups excluding carboxylic acids is 1. The number of anilines is 3. The summed E-state index contributed by atoms with van der Waals surface area (Å²) in [5.74, 6) is -0.617. The van der Waals surface area contributed by atoms with Crippen LogP contribution < -0.4 is 16.4 Å². The number of benzene rings is 2. The molecule has 2 aromatic heterocycles. The summed E-state index contributed by atoms with van der Waals surface area (Å²) >= 11 is 0. The Hall–Kier alpha value is -4.15. The Bertz CT molecular complexity index is 1330. The zero-order chi connectivity index (χ0) is 23.8. The molecule has 0 saturated carbocycles. The number of fused-ring (bicyclic) bond motifs is 1. The van der Waals surface area contributed by atoms with E-state index in [1.54, 1.807) is 41.3 Å². The van der Waals surface area contributed by atoms with Gasteiger partial charge in [-0.05, 0) is 42.8 Å². The molecule has 170 valence electrons. The van der Waals surface area contributed by atoms with E-state index < -0.39 is 29.3 Å². The van der Waals surface area contributed by atoms with Crippen molar-refractivity contribution in [3.63, 3.8) is 0 Å². The normalized spacial score (nSPS) is 11.5. The first-order valence-corrected chi connectivity index (χ1v) is 9.82. The topological polar surface area (TPSA) is 97.9 Å². The van der Waals surface area contributed by atoms with Gasteiger partial charge in [0.05, 0.1) is 28.4 Å². The molecule has 2 amide bonds. The monoisotopic (exact) mass is 458 g/mol. The van der Waals surface area contributed by atoms with Crippen molar-refractivity contribution >= 4 is 34.1 Å². The summed E-state index contributed by atoms with van der Waals surface area (Å²) in [6.07, 6.45) is -1.32. The molecule has 0 aliphatic heterocycles. The van der Waals surface area contributed by atoms with Crippen LogP contribution in [0.4, 0.5) is 39.5 Å². The second kappa shape index (κ2) is 8.41. The highest BCUT2D eigenvalue weighted by atomic mass is 19.4. The molecule has 2 aromatic carbocycles. The third-order valence-corrected chi connectivity index (χ3v) is 4.98. The number of carbonyl (C=O) groups is 1. The average Bonchev–Trinajstić information content (AvgIpc) is 3.11. The van der Waals surface area contributed by atoms with E-state index in [4.69, 9.17) is 5.73 Å². The van der Waals surface area contributed by atoms with Crippen molar-refractivity contribution in [1.29, 1.82) is 0 Å². The number of nitrogens with two attached hydrogens (primary N) is 1. The SMILES string of the molecule is CCn1nc(N)c2c(-c3ccc(NC(=O)Nc4cc(C(F)(F)F)ccc4F)cc3)cncc21. The summed E-state index contributed by atoms with van der Waals surface area (Å²) in [7, 11) is 0. The van der Waals surface area contributed by atoms with Crippen LogP contribution in [0.2, 0.25) is 0 Å². The molecule has 4 aromatic rings. The zero-order valence-corrected chi connectivity index (χ0v) is 17.2. The predicted octanol–water partition coefficient (Wildman–Crippen LogP) is 5.50. The van der Waals surface area contributed by atoms with E-state index in [2.05, 4.69) is 20.7 Å². The number of rotatable bonds is 4. The molecular formula is C22H18F4N6O. The van der Waals surface area contributed by atoms with Gasteiger partial charge in [0.15, 0.2) is 5.82 Å². The first-order valence-electron chi connectivity index (χ1n) is 9.82. The molecule has 0 bridgehead atoms. The Labute approximate surface area is 185 Å². The van der Waals surface area contributed by atoms with Gasteiger partial charge in [-0.25, -0.2) is 9.18 Å². The molecule has 0 fully saturated rings. The summed E-state index contributed by atoms with van der Waals surface area (Å²) < 4.78 is 54.1. The Balaban J connectivity index is 1.53. The van der Waals surface area contributed by atoms with Gasteiger partial charge in [-0.15, -0.1) is 0 Å². The first-order chi connectivity index (χ1) is 15.7. The number of aryl methyl sites for hydroxylation is 1. The average molecular weight is 458 g/mol. The number of aromatic nitrogens is 3. The molecule has 4 rings (SSSR count). The van der Waals surface area contributed by atoms with Gasteiger partial charge in [0.2, 0.25) is 0 Å². The van der Waals surface area contributed by atoms with Gasteiger partial charge in [-0.3, -0.25) is 9.67 Å². The van der Waals surface area contributed by atoms with Gasteiger partial charge < -0.3 is 16.4 Å². The number of alkyl halides is 3. The van der Waals surface area contributed by atoms with Crippen molar-refractivity contribution in [1.82, 2.24) is 14.8 Å². The first kappa shape index (κ1) is 22.1. The van der Waals surface area contributed by atoms with E-state index in [-0.39, 0.29) is 0 Å². The number of halogens is 4. The summed E-state index contributed by atoms with van der Waals surface area (Å²) in [4.78, 5) is 16.4. The van der Waals surface area contributed by atoms with Crippen LogP contribution in [0.25, 0.3) is 22.0 Å². The van der Waals surface area contributed by atoms with Gasteiger partial charge in [0.25, 0.3) is 0 Å². The minimum Gasteiger partial charge on any atom is -0.382 e. The highest BCUT2D eigenvalue weighted by molar-refractivity contribution is 6.02. The largest absolute Gasteiger partial charge is 0.416 e. The van der Waals surface area contributed by atoms with Gasteiger partial charge in [-0.2, -0.15) is 18.3 Å². The van der Waals surface area contributed by atoms with Gasteiger partial charge in [0.1, 0.15) is 5.82 Å². The van der Waals surface area contributed by atoms with Gasteiger partial charge in [-0.1, -0.05) is 12.1 Å². The van der Waals surface area contributed by atoms with E-state index in [0.29, 0.717) is 36.2 Å². The van der Waals surface area contributed by atoms with Crippen molar-refractivity contribution in [3.8, 4) is 11.1 Å². The number of hydrogen-bond donors (Lipinski definition) is 3. The molecule has 7 nitrogen and oxygen atoms in total. The minimum atomic E-state index is -4.66. The van der Waals surface area contributed by atoms with Crippen LogP contribution in [0.1, 0.15) is 12.5 Å². The molecule has 0 unspecified atom stereocenters. The Morgan fingerprint density at radius 3 is 2.48 bits per heavy atom. The maximum atomic E-state index is 13.9. The fourth-order valence-electron chi connectivity index (χ4n) is 3.42. The van der Waals surface area contributed by atoms with Crippen LogP contribution in [0.5, 0.6) is 0 Å². The Morgan fingerprint density at radius 2 is 1.82 bits per heavy atom. The maximum absolute atomic E-state index is 13.9. The van der Waals surface area contributed by atoms with Crippen LogP contribution in [0, 0.1) is 5.82 Å². The Morgan fingerprint density at radius 1 is 1.09 bits per heavy atom. The lowest BCUT2D eigenvalue weighted by Crippen LogP contribution is -2.20. The number of amides is 2. The van der Waals surface area contributed by atoms with Crippen molar-refractivity contribution < 1.29 is 22.4 Å². The lowest BCUT2D eigenvalue weighted by atomic mass is 10.0. The van der Waals surface area contributed by atoms with Crippen LogP contribution in [0.15, 0.2) is 54.9 Å². The molecule has 11 heteroatoms. The summed E-state index contributed by atoms with van der Waals surface area (Å²) in [5, 5.41) is 9.62. The number of urea groups is 1. The standard InChI is InChI=1S/C22H18F4N6O/c1-2-32-18-11-28-10-15(19(18)20(27)31-32)12-3-6-14(7-4-12)29-21(33)30-17-9-13(22(24,25)26)5-8-16(17)23/h3-11H,2H2,1H3,(H2,27,31)(H2,29,30,33). The van der Waals surface area contributed by atoms with E-state index >= 15 is 0 Å². The molecule has 2 heterocycles. The van der Waals surface area contributed by atoms with Crippen LogP contribution in [-0.2, 0) is 12.7 Å². The van der Waals surface area contributed by atoms with E-state index in [1.165, 1.54) is 0 Å². The second-order valence-corrected chi connectivity index (χ2v) is 7.13. The van der Waals surface area contributed by atoms with Crippen LogP contribution in [-0.4, -0.2) is 20.8 Å². The maximum Gasteiger partial charge on any atom is 0.416 e. The molecule has 0 saturated heterocycles. The van der Waals surface area contributed by atoms with Crippen LogP contribution in [0.3, 0.4) is 0 Å². The minimum absolute atomic E-state index is 0.348. The number of hydrogen-bond acceptors (Lipinski definition) is 4. The second-order valence-electron chi connectivity index (χ2n) is 7.13. The molecule has 33 heavy (non-hydrogen) atoms. The molecule has 4 N–H and O–H groups in total. The molecule has 0 aliphatic rings. The fraction of sp³-hybridized carbons (Fsp3) is 0.136. The number of nitrogen functional groups attached to an aromatic ring is 1. The number of pyridine rings is 1. The third kappa shape index (κ3) is 4.43. The zero-order valence-electron chi connectivity index (χ0n) is 17.2. The lowest BCUT2D eigenvalue weighted by Gasteiger charge is -2.12. The molecule has 0 aliphatic carbocycles. The van der Waals surface area contributed by atoms with E-state index in [0.717, 1.165) is 22.0 Å². The predicted molar refractivity (Wildman–Crippen MR) is 117 cm³/mol. The third-order valence-electron chi connectivity index (χ3n) is 4.98. The van der Waals surface area contributed by atoms with E-state index in [1.807, 2.05) is 6.92 Å². The van der Waals surface area contributed by atoms with Crippen LogP contribution >= 0.6 is 0 Å². The number of nitrogens with one attached hydrogen (secondary N) is 2. The van der Waals surface area contributed by atoms with Gasteiger partial charge >= 0.3 is 12.2 Å². The highest BCUT2D eigenvalue weighted by Crippen LogP contribution is 2.33. The van der Waals surface area contributed by atoms with Gasteiger partial charge in [0, 0.05) is 24.0 Å². The van der Waals surface area contributed by atoms with Crippen molar-refractivity contribution in [2.75, 3.05) is 16.4 Å². The molecule has 0 spiro atoms. The fourth-order valence-corrected chi connectivity index (χ4v) is 3.42. The smallest absolute Gasteiger partial charge is 0.382 e. The molecule has 0 atom stereocenters. The summed E-state index contributed by atoms with van der Waals surface area (Å²) in [5.41, 5.74) is 7.09. The molecule has 0 radical (unpaired) electrons. The Kier molecular flexibility index (Phi) is 5.62. The summed E-state index contributed by atoms with van der Waals surface area (Å²) in [6.45, 7) is 2.57. The highest BCUT2D eigenvalue weighted by Gasteiger charge is 2.31. The van der Waals surface area contributed by atoms with Crippen molar-refractivity contribution in [3.05, 3.63) is 66.2 Å².